The molecule has 0 atom stereocenters. The Balaban J connectivity index is 2.89. The molecule has 0 bridgehead atoms. The SMILES string of the molecule is CCOC(=O)CN(CC(=O)OCC)c1ccc([N+](=O)[O-])cc1. The number of rotatable bonds is 8. The van der Waals surface area contributed by atoms with Crippen LogP contribution < -0.4 is 4.90 Å². The minimum atomic E-state index is -0.523. The Kier molecular flexibility index (Phi) is 6.81. The van der Waals surface area contributed by atoms with E-state index in [0.717, 1.165) is 0 Å². The van der Waals surface area contributed by atoms with Crippen molar-refractivity contribution in [2.75, 3.05) is 31.2 Å². The molecule has 0 radical (unpaired) electrons. The van der Waals surface area contributed by atoms with Crippen molar-refractivity contribution in [1.29, 1.82) is 0 Å². The van der Waals surface area contributed by atoms with Crippen LogP contribution in [0.15, 0.2) is 24.3 Å². The van der Waals surface area contributed by atoms with E-state index >= 15 is 0 Å². The Labute approximate surface area is 127 Å². The second-order valence-corrected chi connectivity index (χ2v) is 4.24. The van der Waals surface area contributed by atoms with Crippen LogP contribution in [0.3, 0.4) is 0 Å². The van der Waals surface area contributed by atoms with Crippen LogP contribution in [0.4, 0.5) is 11.4 Å². The lowest BCUT2D eigenvalue weighted by Crippen LogP contribution is -2.36. The van der Waals surface area contributed by atoms with E-state index in [-0.39, 0.29) is 32.0 Å². The molecule has 8 heteroatoms. The van der Waals surface area contributed by atoms with E-state index in [4.69, 9.17) is 9.47 Å². The second kappa shape index (κ2) is 8.60. The van der Waals surface area contributed by atoms with Gasteiger partial charge in [-0.15, -0.1) is 0 Å². The molecule has 0 N–H and O–H groups in total. The number of benzene rings is 1. The highest BCUT2D eigenvalue weighted by Crippen LogP contribution is 2.19. The van der Waals surface area contributed by atoms with Crippen molar-refractivity contribution in [3.05, 3.63) is 34.4 Å². The van der Waals surface area contributed by atoms with Crippen molar-refractivity contribution in [2.45, 2.75) is 13.8 Å². The van der Waals surface area contributed by atoms with Crippen LogP contribution >= 0.6 is 0 Å². The summed E-state index contributed by atoms with van der Waals surface area (Å²) in [4.78, 5) is 34.8. The zero-order valence-corrected chi connectivity index (χ0v) is 12.5. The lowest BCUT2D eigenvalue weighted by molar-refractivity contribution is -0.384. The van der Waals surface area contributed by atoms with E-state index in [2.05, 4.69) is 0 Å². The molecular formula is C14H18N2O6. The van der Waals surface area contributed by atoms with Gasteiger partial charge in [-0.05, 0) is 26.0 Å². The Hall–Kier alpha value is -2.64. The molecule has 0 unspecified atom stereocenters. The second-order valence-electron chi connectivity index (χ2n) is 4.24. The van der Waals surface area contributed by atoms with Crippen molar-refractivity contribution in [1.82, 2.24) is 0 Å². The Morgan fingerprint density at radius 1 is 1.05 bits per heavy atom. The summed E-state index contributed by atoms with van der Waals surface area (Å²) in [6, 6.07) is 5.55. The number of carbonyl (C=O) groups is 2. The molecule has 0 spiro atoms. The zero-order valence-electron chi connectivity index (χ0n) is 12.5. The fourth-order valence-electron chi connectivity index (χ4n) is 1.75. The Morgan fingerprint density at radius 3 is 1.86 bits per heavy atom. The highest BCUT2D eigenvalue weighted by Gasteiger charge is 2.17. The predicted octanol–water partition coefficient (Wildman–Crippen LogP) is 1.53. The molecule has 0 aliphatic rings. The highest BCUT2D eigenvalue weighted by atomic mass is 16.6. The minimum absolute atomic E-state index is 0.0732. The number of nitrogens with zero attached hydrogens (tertiary/aromatic N) is 2. The minimum Gasteiger partial charge on any atom is -0.465 e. The smallest absolute Gasteiger partial charge is 0.325 e. The number of nitro benzene ring substituents is 1. The van der Waals surface area contributed by atoms with E-state index in [1.807, 2.05) is 0 Å². The largest absolute Gasteiger partial charge is 0.465 e. The van der Waals surface area contributed by atoms with Crippen LogP contribution in [0.5, 0.6) is 0 Å². The van der Waals surface area contributed by atoms with E-state index in [9.17, 15) is 19.7 Å². The van der Waals surface area contributed by atoms with Gasteiger partial charge in [-0.3, -0.25) is 19.7 Å². The first-order chi connectivity index (χ1) is 10.5. The summed E-state index contributed by atoms with van der Waals surface area (Å²) in [5.74, 6) is -0.990. The summed E-state index contributed by atoms with van der Waals surface area (Å²) in [6.45, 7) is 3.52. The predicted molar refractivity (Wildman–Crippen MR) is 78.6 cm³/mol. The maximum Gasteiger partial charge on any atom is 0.325 e. The standard InChI is InChI=1S/C14H18N2O6/c1-3-21-13(17)9-15(10-14(18)22-4-2)11-5-7-12(8-6-11)16(19)20/h5-8H,3-4,9-10H2,1-2H3. The van der Waals surface area contributed by atoms with Crippen LogP contribution in [0.25, 0.3) is 0 Å². The monoisotopic (exact) mass is 310 g/mol. The molecule has 0 heterocycles. The van der Waals surface area contributed by atoms with Crippen molar-refractivity contribution < 1.29 is 24.0 Å². The van der Waals surface area contributed by atoms with Crippen molar-refractivity contribution >= 4 is 23.3 Å². The third-order valence-corrected chi connectivity index (χ3v) is 2.68. The maximum atomic E-state index is 11.6. The molecule has 0 aromatic heterocycles. The number of ether oxygens (including phenoxy) is 2. The van der Waals surface area contributed by atoms with Gasteiger partial charge in [0.15, 0.2) is 0 Å². The average Bonchev–Trinajstić information content (AvgIpc) is 2.47. The first kappa shape index (κ1) is 17.4. The molecule has 120 valence electrons. The van der Waals surface area contributed by atoms with Crippen molar-refractivity contribution in [2.24, 2.45) is 0 Å². The quantitative estimate of drug-likeness (QED) is 0.408. The number of esters is 2. The van der Waals surface area contributed by atoms with Crippen LogP contribution in [0.2, 0.25) is 0 Å². The number of non-ortho nitro benzene ring substituents is 1. The van der Waals surface area contributed by atoms with Crippen LogP contribution in [-0.2, 0) is 19.1 Å². The third-order valence-electron chi connectivity index (χ3n) is 2.68. The lowest BCUT2D eigenvalue weighted by Gasteiger charge is -2.22. The summed E-state index contributed by atoms with van der Waals surface area (Å²) < 4.78 is 9.71. The number of carbonyl (C=O) groups excluding carboxylic acids is 2. The maximum absolute atomic E-state index is 11.6. The molecule has 0 saturated carbocycles. The van der Waals surface area contributed by atoms with E-state index < -0.39 is 16.9 Å². The van der Waals surface area contributed by atoms with Crippen molar-refractivity contribution in [3.63, 3.8) is 0 Å². The molecule has 1 aromatic rings. The zero-order chi connectivity index (χ0) is 16.5. The van der Waals surface area contributed by atoms with Gasteiger partial charge in [-0.2, -0.15) is 0 Å². The van der Waals surface area contributed by atoms with Gasteiger partial charge < -0.3 is 14.4 Å². The normalized spacial score (nSPS) is 9.91. The topological polar surface area (TPSA) is 99.0 Å². The first-order valence-electron chi connectivity index (χ1n) is 6.78. The summed E-state index contributed by atoms with van der Waals surface area (Å²) in [5.41, 5.74) is 0.419. The summed E-state index contributed by atoms with van der Waals surface area (Å²) >= 11 is 0. The molecule has 22 heavy (non-hydrogen) atoms. The molecular weight excluding hydrogens is 292 g/mol. The van der Waals surface area contributed by atoms with E-state index in [0.29, 0.717) is 5.69 Å². The van der Waals surface area contributed by atoms with Gasteiger partial charge in [0.25, 0.3) is 5.69 Å². The molecule has 0 aliphatic heterocycles. The fourth-order valence-corrected chi connectivity index (χ4v) is 1.75. The number of nitro groups is 1. The first-order valence-corrected chi connectivity index (χ1v) is 6.78. The van der Waals surface area contributed by atoms with Gasteiger partial charge >= 0.3 is 11.9 Å². The van der Waals surface area contributed by atoms with Gasteiger partial charge in [0.05, 0.1) is 18.1 Å². The van der Waals surface area contributed by atoms with Crippen LogP contribution in [0, 0.1) is 10.1 Å². The summed E-state index contributed by atoms with van der Waals surface area (Å²) in [5, 5.41) is 10.7. The Bertz CT molecular complexity index is 509. The number of anilines is 1. The molecule has 1 aromatic carbocycles. The average molecular weight is 310 g/mol. The van der Waals surface area contributed by atoms with Crippen LogP contribution in [-0.4, -0.2) is 43.2 Å². The molecule has 0 amide bonds. The number of hydrogen-bond acceptors (Lipinski definition) is 7. The summed E-state index contributed by atoms with van der Waals surface area (Å²) in [6.07, 6.45) is 0. The van der Waals surface area contributed by atoms with E-state index in [1.165, 1.54) is 29.2 Å². The molecule has 8 nitrogen and oxygen atoms in total. The third kappa shape index (κ3) is 5.39. The fraction of sp³-hybridized carbons (Fsp3) is 0.429. The molecule has 0 aliphatic carbocycles. The van der Waals surface area contributed by atoms with Gasteiger partial charge in [-0.25, -0.2) is 0 Å². The number of hydrogen-bond donors (Lipinski definition) is 0. The lowest BCUT2D eigenvalue weighted by atomic mass is 10.2. The molecule has 1 rings (SSSR count). The van der Waals surface area contributed by atoms with Gasteiger partial charge in [-0.1, -0.05) is 0 Å². The van der Waals surface area contributed by atoms with Gasteiger partial charge in [0.2, 0.25) is 0 Å². The van der Waals surface area contributed by atoms with E-state index in [1.54, 1.807) is 13.8 Å². The summed E-state index contributed by atoms with van der Waals surface area (Å²) in [7, 11) is 0. The van der Waals surface area contributed by atoms with Crippen LogP contribution in [0.1, 0.15) is 13.8 Å². The van der Waals surface area contributed by atoms with Crippen molar-refractivity contribution in [3.8, 4) is 0 Å². The Morgan fingerprint density at radius 2 is 1.50 bits per heavy atom. The molecule has 0 saturated heterocycles. The van der Waals surface area contributed by atoms with Gasteiger partial charge in [0, 0.05) is 17.8 Å². The molecule has 0 fully saturated rings. The highest BCUT2D eigenvalue weighted by molar-refractivity contribution is 5.81. The van der Waals surface area contributed by atoms with Gasteiger partial charge in [0.1, 0.15) is 13.1 Å².